The number of carbonyl (C=O) groups is 3. The number of aromatic carboxylic acids is 3. The van der Waals surface area contributed by atoms with Crippen molar-refractivity contribution in [3.63, 3.8) is 0 Å². The van der Waals surface area contributed by atoms with Crippen molar-refractivity contribution >= 4 is 17.9 Å². The second-order valence-electron chi connectivity index (χ2n) is 4.16. The Morgan fingerprint density at radius 1 is 0.696 bits per heavy atom. The van der Waals surface area contributed by atoms with Crippen LogP contribution in [0.15, 0.2) is 48.5 Å². The maximum atomic E-state index is 10.5. The average Bonchev–Trinajstić information content (AvgIpc) is 2.55. The van der Waals surface area contributed by atoms with Gasteiger partial charge in [0.1, 0.15) is 11.3 Å². The van der Waals surface area contributed by atoms with E-state index in [1.807, 2.05) is 0 Å². The number of hydrogen-bond donors (Lipinski definition) is 3. The van der Waals surface area contributed by atoms with E-state index >= 15 is 0 Å². The van der Waals surface area contributed by atoms with Crippen LogP contribution in [0.4, 0.5) is 0 Å². The summed E-state index contributed by atoms with van der Waals surface area (Å²) in [5.74, 6) is -3.04. The minimum atomic E-state index is -1.23. The molecule has 0 bridgehead atoms. The van der Waals surface area contributed by atoms with Crippen molar-refractivity contribution in [3.8, 4) is 5.75 Å². The van der Waals surface area contributed by atoms with Gasteiger partial charge in [-0.1, -0.05) is 24.3 Å². The summed E-state index contributed by atoms with van der Waals surface area (Å²) < 4.78 is 4.83. The summed E-state index contributed by atoms with van der Waals surface area (Å²) in [5.41, 5.74) is -0.190. The van der Waals surface area contributed by atoms with Crippen LogP contribution in [0.2, 0.25) is 0 Å². The summed E-state index contributed by atoms with van der Waals surface area (Å²) in [4.78, 5) is 31.4. The minimum Gasteiger partial charge on any atom is -0.496 e. The molecule has 0 unspecified atom stereocenters. The van der Waals surface area contributed by atoms with Crippen molar-refractivity contribution in [1.82, 2.24) is 0 Å². The molecule has 7 heteroatoms. The highest BCUT2D eigenvalue weighted by atomic mass is 16.5. The lowest BCUT2D eigenvalue weighted by Crippen LogP contribution is -2.06. The minimum absolute atomic E-state index is 0.190. The zero-order valence-electron chi connectivity index (χ0n) is 12.1. The molecule has 0 fully saturated rings. The normalized spacial score (nSPS) is 9.26. The van der Waals surface area contributed by atoms with E-state index in [1.54, 1.807) is 18.2 Å². The first kappa shape index (κ1) is 17.7. The van der Waals surface area contributed by atoms with E-state index in [4.69, 9.17) is 20.1 Å². The van der Waals surface area contributed by atoms with Gasteiger partial charge in [0.15, 0.2) is 0 Å². The molecule has 0 saturated heterocycles. The van der Waals surface area contributed by atoms with Gasteiger partial charge in [0, 0.05) is 0 Å². The fourth-order valence-corrected chi connectivity index (χ4v) is 1.68. The molecule has 0 amide bonds. The van der Waals surface area contributed by atoms with E-state index in [9.17, 15) is 14.4 Å². The van der Waals surface area contributed by atoms with E-state index in [-0.39, 0.29) is 16.7 Å². The van der Waals surface area contributed by atoms with E-state index in [0.29, 0.717) is 5.75 Å². The van der Waals surface area contributed by atoms with Crippen LogP contribution in [0, 0.1) is 0 Å². The first-order valence-electron chi connectivity index (χ1n) is 6.30. The fourth-order valence-electron chi connectivity index (χ4n) is 1.68. The summed E-state index contributed by atoms with van der Waals surface area (Å²) in [5, 5.41) is 25.7. The molecule has 0 spiro atoms. The standard InChI is InChI=1S/C8H6O4.C8H8O3/c9-7(10)5-3-1-2-4-6(5)8(11)12;1-11-7-5-3-2-4-6(7)8(9)10/h1-4H,(H,9,10)(H,11,12);2-5H,1H3,(H,9,10). The molecule has 0 aromatic heterocycles. The number of hydrogen-bond acceptors (Lipinski definition) is 4. The summed E-state index contributed by atoms with van der Waals surface area (Å²) in [7, 11) is 1.45. The average molecular weight is 318 g/mol. The molecule has 2 aromatic rings. The Hall–Kier alpha value is -3.35. The van der Waals surface area contributed by atoms with E-state index in [0.717, 1.165) is 0 Å². The molecule has 23 heavy (non-hydrogen) atoms. The molecule has 0 aliphatic heterocycles. The highest BCUT2D eigenvalue weighted by Gasteiger charge is 2.13. The molecular formula is C16H14O7. The van der Waals surface area contributed by atoms with Crippen LogP contribution in [-0.2, 0) is 0 Å². The topological polar surface area (TPSA) is 121 Å². The van der Waals surface area contributed by atoms with Crippen molar-refractivity contribution in [3.05, 3.63) is 65.2 Å². The maximum Gasteiger partial charge on any atom is 0.339 e. The Labute approximate surface area is 131 Å². The third-order valence-corrected chi connectivity index (χ3v) is 2.73. The van der Waals surface area contributed by atoms with Gasteiger partial charge in [0.05, 0.1) is 18.2 Å². The lowest BCUT2D eigenvalue weighted by molar-refractivity contribution is 0.0651. The van der Waals surface area contributed by atoms with Gasteiger partial charge in [-0.05, 0) is 24.3 Å². The quantitative estimate of drug-likeness (QED) is 0.791. The molecule has 0 saturated carbocycles. The lowest BCUT2D eigenvalue weighted by atomic mass is 10.1. The number of benzene rings is 2. The number of rotatable bonds is 4. The van der Waals surface area contributed by atoms with Crippen LogP contribution in [0.5, 0.6) is 5.75 Å². The van der Waals surface area contributed by atoms with Crippen LogP contribution in [-0.4, -0.2) is 40.3 Å². The van der Waals surface area contributed by atoms with Gasteiger partial charge in [-0.2, -0.15) is 0 Å². The highest BCUT2D eigenvalue weighted by molar-refractivity contribution is 6.01. The van der Waals surface area contributed by atoms with Crippen molar-refractivity contribution in [2.75, 3.05) is 7.11 Å². The van der Waals surface area contributed by atoms with Crippen LogP contribution in [0.3, 0.4) is 0 Å². The van der Waals surface area contributed by atoms with Crippen molar-refractivity contribution in [2.24, 2.45) is 0 Å². The first-order valence-corrected chi connectivity index (χ1v) is 6.30. The second kappa shape index (κ2) is 8.18. The third-order valence-electron chi connectivity index (χ3n) is 2.73. The number of ether oxygens (including phenoxy) is 1. The van der Waals surface area contributed by atoms with Crippen molar-refractivity contribution < 1.29 is 34.4 Å². The van der Waals surface area contributed by atoms with E-state index in [2.05, 4.69) is 0 Å². The summed E-state index contributed by atoms with van der Waals surface area (Å²) in [6, 6.07) is 12.0. The van der Waals surface area contributed by atoms with E-state index < -0.39 is 17.9 Å². The van der Waals surface area contributed by atoms with Gasteiger partial charge < -0.3 is 20.1 Å². The molecule has 3 N–H and O–H groups in total. The van der Waals surface area contributed by atoms with Gasteiger partial charge in [-0.25, -0.2) is 14.4 Å². The zero-order valence-corrected chi connectivity index (χ0v) is 12.1. The van der Waals surface area contributed by atoms with Crippen LogP contribution >= 0.6 is 0 Å². The molecule has 2 rings (SSSR count). The zero-order chi connectivity index (χ0) is 17.4. The molecule has 7 nitrogen and oxygen atoms in total. The van der Waals surface area contributed by atoms with Gasteiger partial charge in [-0.3, -0.25) is 0 Å². The smallest absolute Gasteiger partial charge is 0.339 e. The molecule has 0 aliphatic carbocycles. The Morgan fingerprint density at radius 3 is 1.35 bits per heavy atom. The molecule has 0 radical (unpaired) electrons. The van der Waals surface area contributed by atoms with Crippen LogP contribution < -0.4 is 4.74 Å². The Kier molecular flexibility index (Phi) is 6.30. The Balaban J connectivity index is 0.000000231. The molecule has 0 aliphatic rings. The number of methoxy groups -OCH3 is 1. The number of carboxylic acids is 3. The monoisotopic (exact) mass is 318 g/mol. The van der Waals surface area contributed by atoms with Gasteiger partial charge in [0.2, 0.25) is 0 Å². The lowest BCUT2D eigenvalue weighted by Gasteiger charge is -2.01. The number of para-hydroxylation sites is 1. The molecule has 0 atom stereocenters. The molecule has 0 heterocycles. The second-order valence-corrected chi connectivity index (χ2v) is 4.16. The Morgan fingerprint density at radius 2 is 1.04 bits per heavy atom. The first-order chi connectivity index (χ1) is 10.9. The largest absolute Gasteiger partial charge is 0.496 e. The van der Waals surface area contributed by atoms with Crippen molar-refractivity contribution in [2.45, 2.75) is 0 Å². The highest BCUT2D eigenvalue weighted by Crippen LogP contribution is 2.16. The van der Waals surface area contributed by atoms with Gasteiger partial charge >= 0.3 is 17.9 Å². The number of carboxylic acid groups (broad SMARTS) is 3. The summed E-state index contributed by atoms with van der Waals surface area (Å²) in [6.45, 7) is 0. The van der Waals surface area contributed by atoms with Crippen LogP contribution in [0.25, 0.3) is 0 Å². The Bertz CT molecular complexity index is 689. The van der Waals surface area contributed by atoms with E-state index in [1.165, 1.54) is 37.4 Å². The predicted octanol–water partition coefficient (Wildman–Crippen LogP) is 2.48. The molecular weight excluding hydrogens is 304 g/mol. The third kappa shape index (κ3) is 4.85. The SMILES string of the molecule is COc1ccccc1C(=O)O.O=C(O)c1ccccc1C(=O)O. The van der Waals surface area contributed by atoms with Gasteiger partial charge in [0.25, 0.3) is 0 Å². The summed E-state index contributed by atoms with van der Waals surface area (Å²) >= 11 is 0. The maximum absolute atomic E-state index is 10.5. The predicted molar refractivity (Wildman–Crippen MR) is 80.3 cm³/mol. The van der Waals surface area contributed by atoms with Crippen molar-refractivity contribution in [1.29, 1.82) is 0 Å². The van der Waals surface area contributed by atoms with Crippen LogP contribution in [0.1, 0.15) is 31.1 Å². The summed E-state index contributed by atoms with van der Waals surface area (Å²) in [6.07, 6.45) is 0. The fraction of sp³-hybridized carbons (Fsp3) is 0.0625. The molecule has 2 aromatic carbocycles. The van der Waals surface area contributed by atoms with Gasteiger partial charge in [-0.15, -0.1) is 0 Å². The molecule has 120 valence electrons.